The Labute approximate surface area is 84.7 Å². The lowest BCUT2D eigenvalue weighted by Crippen LogP contribution is -2.24. The van der Waals surface area contributed by atoms with Gasteiger partial charge in [0.25, 0.3) is 0 Å². The molecule has 0 saturated heterocycles. The Balaban J connectivity index is 3.01. The first-order chi connectivity index (χ1) is 6.02. The highest BCUT2D eigenvalue weighted by molar-refractivity contribution is 9.10. The van der Waals surface area contributed by atoms with Crippen LogP contribution in [0.1, 0.15) is 18.5 Å². The van der Waals surface area contributed by atoms with Crippen molar-refractivity contribution >= 4 is 15.9 Å². The molecule has 0 amide bonds. The SMILES string of the molecule is C[C@H](O)[C@H](N)c1ccc(Br)cc1F. The molecule has 0 aliphatic rings. The molecular weight excluding hydrogens is 237 g/mol. The predicted octanol–water partition coefficient (Wildman–Crippen LogP) is 1.97. The smallest absolute Gasteiger partial charge is 0.129 e. The van der Waals surface area contributed by atoms with E-state index in [9.17, 15) is 4.39 Å². The Morgan fingerprint density at radius 1 is 1.54 bits per heavy atom. The molecule has 0 aliphatic carbocycles. The van der Waals surface area contributed by atoms with Gasteiger partial charge in [0.2, 0.25) is 0 Å². The maximum atomic E-state index is 13.2. The Kier molecular flexibility index (Phi) is 3.41. The predicted molar refractivity (Wildman–Crippen MR) is 52.7 cm³/mol. The van der Waals surface area contributed by atoms with E-state index in [-0.39, 0.29) is 0 Å². The zero-order chi connectivity index (χ0) is 10.0. The molecule has 72 valence electrons. The molecule has 2 nitrogen and oxygen atoms in total. The Hall–Kier alpha value is -0.450. The molecule has 0 heterocycles. The third-order valence-electron chi connectivity index (χ3n) is 1.84. The second kappa shape index (κ2) is 4.17. The highest BCUT2D eigenvalue weighted by Gasteiger charge is 2.15. The van der Waals surface area contributed by atoms with Crippen LogP contribution in [0.4, 0.5) is 4.39 Å². The molecule has 0 aliphatic heterocycles. The Morgan fingerprint density at radius 3 is 2.62 bits per heavy atom. The van der Waals surface area contributed by atoms with Crippen LogP contribution in [-0.4, -0.2) is 11.2 Å². The third-order valence-corrected chi connectivity index (χ3v) is 2.33. The van der Waals surface area contributed by atoms with Gasteiger partial charge in [-0.3, -0.25) is 0 Å². The minimum atomic E-state index is -0.754. The largest absolute Gasteiger partial charge is 0.391 e. The van der Waals surface area contributed by atoms with Gasteiger partial charge >= 0.3 is 0 Å². The van der Waals surface area contributed by atoms with Crippen molar-refractivity contribution in [1.29, 1.82) is 0 Å². The topological polar surface area (TPSA) is 46.2 Å². The van der Waals surface area contributed by atoms with E-state index in [0.29, 0.717) is 10.0 Å². The van der Waals surface area contributed by atoms with Crippen molar-refractivity contribution in [1.82, 2.24) is 0 Å². The highest BCUT2D eigenvalue weighted by Crippen LogP contribution is 2.21. The number of benzene rings is 1. The summed E-state index contributed by atoms with van der Waals surface area (Å²) in [6, 6.07) is 3.92. The average Bonchev–Trinajstić information content (AvgIpc) is 2.03. The fraction of sp³-hybridized carbons (Fsp3) is 0.333. The summed E-state index contributed by atoms with van der Waals surface area (Å²) >= 11 is 3.14. The molecule has 0 aromatic heterocycles. The summed E-state index contributed by atoms with van der Waals surface area (Å²) in [5.74, 6) is -0.400. The lowest BCUT2D eigenvalue weighted by molar-refractivity contribution is 0.162. The maximum absolute atomic E-state index is 13.2. The maximum Gasteiger partial charge on any atom is 0.129 e. The molecule has 1 rings (SSSR count). The number of halogens is 2. The van der Waals surface area contributed by atoms with E-state index in [0.717, 1.165) is 0 Å². The lowest BCUT2D eigenvalue weighted by atomic mass is 10.0. The number of hydrogen-bond donors (Lipinski definition) is 2. The fourth-order valence-electron chi connectivity index (χ4n) is 1.03. The molecule has 13 heavy (non-hydrogen) atoms. The van der Waals surface area contributed by atoms with Gasteiger partial charge in [-0.05, 0) is 19.1 Å². The van der Waals surface area contributed by atoms with Gasteiger partial charge in [0.1, 0.15) is 5.82 Å². The Morgan fingerprint density at radius 2 is 2.15 bits per heavy atom. The molecule has 0 fully saturated rings. The molecule has 1 aromatic rings. The first-order valence-corrected chi connectivity index (χ1v) is 4.70. The van der Waals surface area contributed by atoms with Crippen LogP contribution in [0.2, 0.25) is 0 Å². The quantitative estimate of drug-likeness (QED) is 0.840. The van der Waals surface area contributed by atoms with Gasteiger partial charge in [-0.15, -0.1) is 0 Å². The minimum absolute atomic E-state index is 0.332. The van der Waals surface area contributed by atoms with Crippen molar-refractivity contribution in [2.24, 2.45) is 5.73 Å². The molecule has 0 radical (unpaired) electrons. The normalized spacial score (nSPS) is 15.5. The van der Waals surface area contributed by atoms with E-state index >= 15 is 0 Å². The van der Waals surface area contributed by atoms with Crippen LogP contribution in [-0.2, 0) is 0 Å². The van der Waals surface area contributed by atoms with E-state index in [1.165, 1.54) is 13.0 Å². The van der Waals surface area contributed by atoms with Crippen LogP contribution >= 0.6 is 15.9 Å². The second-order valence-corrected chi connectivity index (χ2v) is 3.85. The van der Waals surface area contributed by atoms with Gasteiger partial charge in [0.15, 0.2) is 0 Å². The third kappa shape index (κ3) is 2.49. The average molecular weight is 248 g/mol. The molecule has 1 aromatic carbocycles. The molecule has 0 unspecified atom stereocenters. The van der Waals surface area contributed by atoms with Crippen LogP contribution in [0.3, 0.4) is 0 Å². The fourth-order valence-corrected chi connectivity index (χ4v) is 1.36. The summed E-state index contributed by atoms with van der Waals surface area (Å²) < 4.78 is 13.9. The van der Waals surface area contributed by atoms with Crippen LogP contribution in [0.25, 0.3) is 0 Å². The van der Waals surface area contributed by atoms with E-state index in [2.05, 4.69) is 15.9 Å². The van der Waals surface area contributed by atoms with E-state index in [1.54, 1.807) is 12.1 Å². The summed E-state index contributed by atoms with van der Waals surface area (Å²) in [4.78, 5) is 0. The van der Waals surface area contributed by atoms with Gasteiger partial charge in [-0.25, -0.2) is 4.39 Å². The minimum Gasteiger partial charge on any atom is -0.391 e. The first-order valence-electron chi connectivity index (χ1n) is 3.91. The summed E-state index contributed by atoms with van der Waals surface area (Å²) in [5.41, 5.74) is 5.92. The van der Waals surface area contributed by atoms with Gasteiger partial charge in [0, 0.05) is 10.0 Å². The van der Waals surface area contributed by atoms with Crippen molar-refractivity contribution in [2.75, 3.05) is 0 Å². The number of rotatable bonds is 2. The summed E-state index contributed by atoms with van der Waals surface area (Å²) in [6.45, 7) is 1.53. The molecule has 4 heteroatoms. The Bertz CT molecular complexity index is 304. The molecule has 0 bridgehead atoms. The molecule has 0 spiro atoms. The van der Waals surface area contributed by atoms with Crippen molar-refractivity contribution in [3.8, 4) is 0 Å². The lowest BCUT2D eigenvalue weighted by Gasteiger charge is -2.15. The van der Waals surface area contributed by atoms with E-state index < -0.39 is 18.0 Å². The van der Waals surface area contributed by atoms with Gasteiger partial charge in [-0.1, -0.05) is 22.0 Å². The van der Waals surface area contributed by atoms with Crippen LogP contribution < -0.4 is 5.73 Å². The van der Waals surface area contributed by atoms with Crippen molar-refractivity contribution in [3.63, 3.8) is 0 Å². The zero-order valence-corrected chi connectivity index (χ0v) is 8.75. The standard InChI is InChI=1S/C9H11BrFNO/c1-5(13)9(12)7-3-2-6(10)4-8(7)11/h2-5,9,13H,12H2,1H3/t5-,9-/m0/s1. The van der Waals surface area contributed by atoms with E-state index in [1.807, 2.05) is 0 Å². The summed E-state index contributed by atoms with van der Waals surface area (Å²) in [7, 11) is 0. The van der Waals surface area contributed by atoms with Gasteiger partial charge < -0.3 is 10.8 Å². The van der Waals surface area contributed by atoms with Crippen LogP contribution in [0.5, 0.6) is 0 Å². The monoisotopic (exact) mass is 247 g/mol. The van der Waals surface area contributed by atoms with Gasteiger partial charge in [-0.2, -0.15) is 0 Å². The summed E-state index contributed by atoms with van der Waals surface area (Å²) in [6.07, 6.45) is -0.754. The number of aliphatic hydroxyl groups is 1. The highest BCUT2D eigenvalue weighted by atomic mass is 79.9. The molecular formula is C9H11BrFNO. The second-order valence-electron chi connectivity index (χ2n) is 2.93. The van der Waals surface area contributed by atoms with E-state index in [4.69, 9.17) is 10.8 Å². The van der Waals surface area contributed by atoms with Crippen LogP contribution in [0.15, 0.2) is 22.7 Å². The molecule has 2 atom stereocenters. The molecule has 3 N–H and O–H groups in total. The van der Waals surface area contributed by atoms with Crippen LogP contribution in [0, 0.1) is 5.82 Å². The number of aliphatic hydroxyl groups excluding tert-OH is 1. The van der Waals surface area contributed by atoms with Gasteiger partial charge in [0.05, 0.1) is 12.1 Å². The number of nitrogens with two attached hydrogens (primary N) is 1. The zero-order valence-electron chi connectivity index (χ0n) is 7.17. The first kappa shape index (κ1) is 10.6. The number of hydrogen-bond acceptors (Lipinski definition) is 2. The molecule has 0 saturated carbocycles. The van der Waals surface area contributed by atoms with Crippen molar-refractivity contribution in [2.45, 2.75) is 19.1 Å². The van der Waals surface area contributed by atoms with Crippen molar-refractivity contribution in [3.05, 3.63) is 34.1 Å². The summed E-state index contributed by atoms with van der Waals surface area (Å²) in [5, 5.41) is 9.16. The van der Waals surface area contributed by atoms with Crippen molar-refractivity contribution < 1.29 is 9.50 Å².